The summed E-state index contributed by atoms with van der Waals surface area (Å²) in [5.74, 6) is 0. The van der Waals surface area contributed by atoms with Crippen molar-refractivity contribution < 1.29 is 9.53 Å². The van der Waals surface area contributed by atoms with E-state index in [2.05, 4.69) is 24.2 Å². The summed E-state index contributed by atoms with van der Waals surface area (Å²) in [6, 6.07) is 9.72. The lowest BCUT2D eigenvalue weighted by atomic mass is 9.90. The van der Waals surface area contributed by atoms with Gasteiger partial charge in [-0.1, -0.05) is 30.3 Å². The normalized spacial score (nSPS) is 18.8. The van der Waals surface area contributed by atoms with Gasteiger partial charge < -0.3 is 15.0 Å². The molecule has 1 fully saturated rings. The highest BCUT2D eigenvalue weighted by Gasteiger charge is 2.30. The Morgan fingerprint density at radius 1 is 1.32 bits per heavy atom. The van der Waals surface area contributed by atoms with E-state index in [4.69, 9.17) is 4.74 Å². The van der Waals surface area contributed by atoms with Gasteiger partial charge in [-0.05, 0) is 32.4 Å². The molecule has 0 unspecified atom stereocenters. The van der Waals surface area contributed by atoms with Crippen LogP contribution in [0, 0.1) is 0 Å². The summed E-state index contributed by atoms with van der Waals surface area (Å²) in [5.41, 5.74) is 0.867. The minimum Gasteiger partial charge on any atom is -0.445 e. The fourth-order valence-electron chi connectivity index (χ4n) is 2.24. The molecule has 0 saturated carbocycles. The van der Waals surface area contributed by atoms with Gasteiger partial charge in [-0.2, -0.15) is 0 Å². The Balaban J connectivity index is 1.78. The number of carbonyl (C=O) groups is 1. The van der Waals surface area contributed by atoms with Crippen LogP contribution in [-0.4, -0.2) is 36.7 Å². The Morgan fingerprint density at radius 2 is 1.95 bits per heavy atom. The number of rotatable bonds is 3. The summed E-state index contributed by atoms with van der Waals surface area (Å²) >= 11 is 0. The number of amides is 1. The van der Waals surface area contributed by atoms with Gasteiger partial charge in [0.25, 0.3) is 0 Å². The SMILES string of the molecule is CN1CCC(C)(NC(=O)OCc2ccccc2)CC1. The number of likely N-dealkylation sites (tertiary alicyclic amines) is 1. The number of benzene rings is 1. The van der Waals surface area contributed by atoms with Gasteiger partial charge in [0, 0.05) is 18.6 Å². The minimum absolute atomic E-state index is 0.139. The molecule has 1 amide bonds. The quantitative estimate of drug-likeness (QED) is 0.909. The van der Waals surface area contributed by atoms with E-state index >= 15 is 0 Å². The van der Waals surface area contributed by atoms with Gasteiger partial charge in [0.05, 0.1) is 0 Å². The number of ether oxygens (including phenoxy) is 1. The first-order chi connectivity index (χ1) is 9.07. The topological polar surface area (TPSA) is 41.6 Å². The van der Waals surface area contributed by atoms with Crippen LogP contribution in [0.25, 0.3) is 0 Å². The van der Waals surface area contributed by atoms with Crippen LogP contribution < -0.4 is 5.32 Å². The molecule has 1 aliphatic rings. The monoisotopic (exact) mass is 262 g/mol. The minimum atomic E-state index is -0.323. The zero-order valence-corrected chi connectivity index (χ0v) is 11.7. The molecule has 4 nitrogen and oxygen atoms in total. The summed E-state index contributed by atoms with van der Waals surface area (Å²) in [6.45, 7) is 4.43. The number of nitrogens with one attached hydrogen (secondary N) is 1. The van der Waals surface area contributed by atoms with Crippen molar-refractivity contribution in [3.63, 3.8) is 0 Å². The predicted molar refractivity (Wildman–Crippen MR) is 74.9 cm³/mol. The highest BCUT2D eigenvalue weighted by molar-refractivity contribution is 5.68. The zero-order valence-electron chi connectivity index (χ0n) is 11.7. The van der Waals surface area contributed by atoms with Gasteiger partial charge in [-0.25, -0.2) is 4.79 Å². The van der Waals surface area contributed by atoms with E-state index in [-0.39, 0.29) is 11.6 Å². The first-order valence-electron chi connectivity index (χ1n) is 6.75. The molecule has 1 aliphatic heterocycles. The number of hydrogen-bond donors (Lipinski definition) is 1. The lowest BCUT2D eigenvalue weighted by Crippen LogP contribution is -2.52. The zero-order chi connectivity index (χ0) is 13.7. The maximum Gasteiger partial charge on any atom is 0.407 e. The molecule has 0 radical (unpaired) electrons. The van der Waals surface area contributed by atoms with E-state index in [1.165, 1.54) is 0 Å². The van der Waals surface area contributed by atoms with Gasteiger partial charge >= 0.3 is 6.09 Å². The van der Waals surface area contributed by atoms with Crippen molar-refractivity contribution in [3.8, 4) is 0 Å². The van der Waals surface area contributed by atoms with Crippen LogP contribution in [0.1, 0.15) is 25.3 Å². The van der Waals surface area contributed by atoms with Crippen molar-refractivity contribution in [2.24, 2.45) is 0 Å². The molecular formula is C15H22N2O2. The van der Waals surface area contributed by atoms with E-state index < -0.39 is 0 Å². The fraction of sp³-hybridized carbons (Fsp3) is 0.533. The molecule has 0 atom stereocenters. The Morgan fingerprint density at radius 3 is 2.58 bits per heavy atom. The summed E-state index contributed by atoms with van der Waals surface area (Å²) in [5, 5.41) is 3.00. The van der Waals surface area contributed by atoms with Crippen LogP contribution >= 0.6 is 0 Å². The molecule has 1 saturated heterocycles. The summed E-state index contributed by atoms with van der Waals surface area (Å²) in [7, 11) is 2.10. The Kier molecular flexibility index (Phi) is 4.43. The van der Waals surface area contributed by atoms with Gasteiger partial charge in [0.15, 0.2) is 0 Å². The third-order valence-corrected chi connectivity index (χ3v) is 3.71. The summed E-state index contributed by atoms with van der Waals surface area (Å²) in [6.07, 6.45) is 1.60. The van der Waals surface area contributed by atoms with Crippen molar-refractivity contribution in [2.75, 3.05) is 20.1 Å². The van der Waals surface area contributed by atoms with Crippen molar-refractivity contribution in [3.05, 3.63) is 35.9 Å². The second-order valence-corrected chi connectivity index (χ2v) is 5.55. The van der Waals surface area contributed by atoms with Crippen LogP contribution in [0.5, 0.6) is 0 Å². The van der Waals surface area contributed by atoms with E-state index in [0.29, 0.717) is 6.61 Å². The molecule has 19 heavy (non-hydrogen) atoms. The van der Waals surface area contributed by atoms with Crippen molar-refractivity contribution in [1.29, 1.82) is 0 Å². The standard InChI is InChI=1S/C15H22N2O2/c1-15(8-10-17(2)11-9-15)16-14(18)19-12-13-6-4-3-5-7-13/h3-7H,8-12H2,1-2H3,(H,16,18). The van der Waals surface area contributed by atoms with Crippen LogP contribution in [0.3, 0.4) is 0 Å². The molecule has 0 aliphatic carbocycles. The number of carbonyl (C=O) groups excluding carboxylic acids is 1. The Bertz CT molecular complexity index is 411. The molecule has 0 aromatic heterocycles. The average Bonchev–Trinajstić information content (AvgIpc) is 2.41. The van der Waals surface area contributed by atoms with Gasteiger partial charge in [-0.3, -0.25) is 0 Å². The highest BCUT2D eigenvalue weighted by Crippen LogP contribution is 2.20. The maximum atomic E-state index is 11.8. The Labute approximate surface area is 114 Å². The number of nitrogens with zero attached hydrogens (tertiary/aromatic N) is 1. The van der Waals surface area contributed by atoms with Gasteiger partial charge in [0.1, 0.15) is 6.61 Å². The number of piperidine rings is 1. The van der Waals surface area contributed by atoms with Crippen LogP contribution in [-0.2, 0) is 11.3 Å². The third kappa shape index (κ3) is 4.24. The third-order valence-electron chi connectivity index (χ3n) is 3.71. The summed E-state index contributed by atoms with van der Waals surface area (Å²) in [4.78, 5) is 14.1. The smallest absolute Gasteiger partial charge is 0.407 e. The second-order valence-electron chi connectivity index (χ2n) is 5.55. The predicted octanol–water partition coefficient (Wildman–Crippen LogP) is 2.40. The molecule has 1 heterocycles. The highest BCUT2D eigenvalue weighted by atomic mass is 16.5. The molecule has 2 rings (SSSR count). The van der Waals surface area contributed by atoms with Crippen molar-refractivity contribution in [2.45, 2.75) is 31.9 Å². The first kappa shape index (κ1) is 13.9. The van der Waals surface area contributed by atoms with Gasteiger partial charge in [-0.15, -0.1) is 0 Å². The largest absolute Gasteiger partial charge is 0.445 e. The van der Waals surface area contributed by atoms with Crippen molar-refractivity contribution >= 4 is 6.09 Å². The van der Waals surface area contributed by atoms with E-state index in [0.717, 1.165) is 31.5 Å². The number of alkyl carbamates (subject to hydrolysis) is 1. The number of hydrogen-bond acceptors (Lipinski definition) is 3. The fourth-order valence-corrected chi connectivity index (χ4v) is 2.24. The molecule has 4 heteroatoms. The molecule has 1 aromatic rings. The Hall–Kier alpha value is -1.55. The molecule has 1 aromatic carbocycles. The molecular weight excluding hydrogens is 240 g/mol. The lowest BCUT2D eigenvalue weighted by Gasteiger charge is -2.38. The van der Waals surface area contributed by atoms with Gasteiger partial charge in [0.2, 0.25) is 0 Å². The maximum absolute atomic E-state index is 11.8. The first-order valence-corrected chi connectivity index (χ1v) is 6.75. The van der Waals surface area contributed by atoms with E-state index in [1.807, 2.05) is 30.3 Å². The van der Waals surface area contributed by atoms with Crippen LogP contribution in [0.15, 0.2) is 30.3 Å². The lowest BCUT2D eigenvalue weighted by molar-refractivity contribution is 0.111. The van der Waals surface area contributed by atoms with Crippen LogP contribution in [0.2, 0.25) is 0 Å². The molecule has 0 spiro atoms. The molecule has 104 valence electrons. The van der Waals surface area contributed by atoms with Crippen molar-refractivity contribution in [1.82, 2.24) is 10.2 Å². The molecule has 1 N–H and O–H groups in total. The summed E-state index contributed by atoms with van der Waals surface area (Å²) < 4.78 is 5.26. The van der Waals surface area contributed by atoms with Crippen LogP contribution in [0.4, 0.5) is 4.79 Å². The average molecular weight is 262 g/mol. The van der Waals surface area contributed by atoms with E-state index in [1.54, 1.807) is 0 Å². The van der Waals surface area contributed by atoms with E-state index in [9.17, 15) is 4.79 Å². The molecule has 0 bridgehead atoms. The second kappa shape index (κ2) is 6.06.